The summed E-state index contributed by atoms with van der Waals surface area (Å²) in [6, 6.07) is -0.528. The molecule has 2 saturated heterocycles. The lowest BCUT2D eigenvalue weighted by atomic mass is 9.73. The number of benzene rings is 2. The number of terminal acetylenes is 1. The lowest BCUT2D eigenvalue weighted by Crippen LogP contribution is -2.68. The molecule has 7 rings (SSSR count). The highest BCUT2D eigenvalue weighted by atomic mass is 35.5. The van der Waals surface area contributed by atoms with Crippen molar-refractivity contribution in [1.82, 2.24) is 59.6 Å². The summed E-state index contributed by atoms with van der Waals surface area (Å²) in [5.74, 6) is -7.24. The number of likely N-dealkylation sites (N-methyl/N-ethyl adjacent to an activating group) is 8. The van der Waals surface area contributed by atoms with Crippen LogP contribution in [0.2, 0.25) is 5.02 Å². The van der Waals surface area contributed by atoms with Crippen LogP contribution in [0.4, 0.5) is 13.2 Å². The molecule has 2 aromatic rings. The number of nitrogens with zero attached hydrogens (tertiary/aromatic N) is 10. The number of amides is 12. The summed E-state index contributed by atoms with van der Waals surface area (Å²) in [5.41, 5.74) is -0.874. The fraction of sp³-hybridized carbons (Fsp3) is 0.627. The minimum absolute atomic E-state index is 0.0135. The zero-order valence-corrected chi connectivity index (χ0v) is 63.0. The van der Waals surface area contributed by atoms with E-state index in [0.29, 0.717) is 44.1 Å². The van der Waals surface area contributed by atoms with E-state index >= 15 is 28.8 Å². The van der Waals surface area contributed by atoms with Crippen LogP contribution in [-0.2, 0) is 81.3 Å². The Kier molecular flexibility index (Phi) is 28.6. The summed E-state index contributed by atoms with van der Waals surface area (Å²) < 4.78 is 48.1. The normalized spacial score (nSPS) is 26.4. The van der Waals surface area contributed by atoms with Crippen LogP contribution in [0.15, 0.2) is 54.6 Å². The van der Waals surface area contributed by atoms with Gasteiger partial charge < -0.3 is 64.4 Å². The van der Waals surface area contributed by atoms with E-state index < -0.39 is 179 Å². The second-order valence-electron chi connectivity index (χ2n) is 28.8. The van der Waals surface area contributed by atoms with E-state index in [1.54, 1.807) is 45.1 Å². The summed E-state index contributed by atoms with van der Waals surface area (Å²) >= 11 is 6.20. The van der Waals surface area contributed by atoms with Crippen LogP contribution in [0.25, 0.3) is 0 Å². The number of halogens is 4. The molecule has 25 nitrogen and oxygen atoms in total. The number of aryl methyl sites for hydroxylation is 2. The minimum atomic E-state index is -4.79. The molecule has 5 aliphatic rings. The van der Waals surface area contributed by atoms with E-state index in [9.17, 15) is 41.9 Å². The monoisotopic (exact) mass is 1470 g/mol. The van der Waals surface area contributed by atoms with Crippen molar-refractivity contribution in [3.8, 4) is 12.3 Å². The lowest BCUT2D eigenvalue weighted by molar-refractivity contribution is -0.166. The van der Waals surface area contributed by atoms with Gasteiger partial charge in [-0.2, -0.15) is 13.2 Å². The van der Waals surface area contributed by atoms with Gasteiger partial charge in [-0.3, -0.25) is 57.5 Å². The van der Waals surface area contributed by atoms with Gasteiger partial charge in [-0.25, -0.2) is 0 Å². The third kappa shape index (κ3) is 19.1. The van der Waals surface area contributed by atoms with Gasteiger partial charge in [-0.05, 0) is 107 Å². The van der Waals surface area contributed by atoms with Crippen LogP contribution in [0.1, 0.15) is 133 Å². The van der Waals surface area contributed by atoms with Gasteiger partial charge in [-0.1, -0.05) is 92.8 Å². The van der Waals surface area contributed by atoms with E-state index in [2.05, 4.69) is 16.6 Å². The van der Waals surface area contributed by atoms with E-state index in [1.165, 1.54) is 98.9 Å². The second kappa shape index (κ2) is 35.9. The smallest absolute Gasteiger partial charge is 0.377 e. The van der Waals surface area contributed by atoms with Gasteiger partial charge in [0.25, 0.3) is 0 Å². The molecular formula is C75H104ClF3N12O13. The van der Waals surface area contributed by atoms with Crippen molar-refractivity contribution in [3.63, 3.8) is 0 Å². The summed E-state index contributed by atoms with van der Waals surface area (Å²) in [6.45, 7) is 5.75. The molecule has 12 amide bonds. The Labute approximate surface area is 613 Å². The molecule has 0 aromatic heterocycles. The third-order valence-corrected chi connectivity index (χ3v) is 22.0. The number of hydrogen-bond donors (Lipinski definition) is 2. The Morgan fingerprint density at radius 2 is 1.38 bits per heavy atom. The molecule has 1 spiro atoms. The van der Waals surface area contributed by atoms with E-state index in [0.717, 1.165) is 37.3 Å². The van der Waals surface area contributed by atoms with Gasteiger partial charge in [0.15, 0.2) is 0 Å². The van der Waals surface area contributed by atoms with Crippen molar-refractivity contribution >= 4 is 82.5 Å². The molecule has 29 heteroatoms. The largest absolute Gasteiger partial charge is 0.417 e. The standard InChI is InChI=1S/C75H104ClF3N12O13/c1-15-24-55-65(95)81-63(47(5)16-2)71(101)84(9)45-62(94)86(11)56-27-19-18-22-38-90(70(56)100)58(40-49-30-28-46(4)29-31-49)68(98)83(8)44-60(92)80-54(35-33-48-32-34-52(53(76)39-48)75(77,78)79)66(96)91-43-51(104-17-3)41-59(91)69(99)89(14)74(36-23-37-74)73(103)88(13)64(50-25-20-21-26-50)72(102)87(12)57(67(97)82(6)7)42-61(93)85(55)10/h1,18-19,28-32,34,39,47,50-51,54-59,63-64H,16-17,20-27,33,35-38,40-45H2,2-14H3,(H,80,92)(H,81,95)/b19-18-/t47-,51+,54+,55-,56-,57-,58-,59-,63-,64-/m0/s1. The molecule has 570 valence electrons. The lowest BCUT2D eigenvalue weighted by Gasteiger charge is -2.51. The number of carbonyl (C=O) groups is 12. The first kappa shape index (κ1) is 82.7. The van der Waals surface area contributed by atoms with E-state index in [1.807, 2.05) is 19.1 Å². The van der Waals surface area contributed by atoms with Crippen LogP contribution in [0.3, 0.4) is 0 Å². The molecule has 104 heavy (non-hydrogen) atoms. The molecule has 2 aromatic carbocycles. The molecular weight excluding hydrogens is 1370 g/mol. The Morgan fingerprint density at radius 1 is 0.740 bits per heavy atom. The number of rotatable bonds is 12. The maximum absolute atomic E-state index is 15.7. The topological polar surface area (TPSA) is 271 Å². The van der Waals surface area contributed by atoms with Gasteiger partial charge in [-0.15, -0.1) is 12.3 Å². The highest BCUT2D eigenvalue weighted by Crippen LogP contribution is 2.43. The number of ether oxygens (including phenoxy) is 1. The van der Waals surface area contributed by atoms with Crippen LogP contribution < -0.4 is 10.6 Å². The molecule has 2 N–H and O–H groups in total. The van der Waals surface area contributed by atoms with Crippen molar-refractivity contribution in [2.45, 2.75) is 197 Å². The van der Waals surface area contributed by atoms with Gasteiger partial charge >= 0.3 is 6.18 Å². The van der Waals surface area contributed by atoms with Gasteiger partial charge in [0.1, 0.15) is 53.9 Å². The fourth-order valence-corrected chi connectivity index (χ4v) is 15.1. The summed E-state index contributed by atoms with van der Waals surface area (Å²) in [7, 11) is 12.6. The molecule has 0 radical (unpaired) electrons. The molecule has 3 aliphatic heterocycles. The predicted octanol–water partition coefficient (Wildman–Crippen LogP) is 4.72. The van der Waals surface area contributed by atoms with Gasteiger partial charge in [0, 0.05) is 102 Å². The first-order valence-electron chi connectivity index (χ1n) is 35.9. The maximum atomic E-state index is 15.7. The predicted molar refractivity (Wildman–Crippen MR) is 382 cm³/mol. The van der Waals surface area contributed by atoms with E-state index in [4.69, 9.17) is 22.8 Å². The number of hydrogen-bond acceptors (Lipinski definition) is 13. The summed E-state index contributed by atoms with van der Waals surface area (Å²) in [4.78, 5) is 193. The van der Waals surface area contributed by atoms with Crippen molar-refractivity contribution in [3.05, 3.63) is 81.9 Å². The average molecular weight is 1470 g/mol. The number of nitrogens with one attached hydrogen (secondary N) is 2. The second-order valence-corrected chi connectivity index (χ2v) is 29.2. The first-order valence-corrected chi connectivity index (χ1v) is 36.3. The van der Waals surface area contributed by atoms with Crippen molar-refractivity contribution < 1.29 is 75.4 Å². The zero-order chi connectivity index (χ0) is 77.0. The van der Waals surface area contributed by atoms with Crippen molar-refractivity contribution in [2.24, 2.45) is 11.8 Å². The average Bonchev–Trinajstić information content (AvgIpc) is 1.11. The number of carbonyl (C=O) groups excluding carboxylic acids is 12. The Hall–Kier alpha value is -8.58. The molecule has 3 heterocycles. The van der Waals surface area contributed by atoms with Crippen LogP contribution >= 0.6 is 11.6 Å². The van der Waals surface area contributed by atoms with Crippen LogP contribution in [0.5, 0.6) is 0 Å². The maximum Gasteiger partial charge on any atom is 0.417 e. The van der Waals surface area contributed by atoms with Crippen LogP contribution in [0, 0.1) is 31.1 Å². The molecule has 10 atom stereocenters. The van der Waals surface area contributed by atoms with Gasteiger partial charge in [0.2, 0.25) is 70.9 Å². The first-order chi connectivity index (χ1) is 49.0. The highest BCUT2D eigenvalue weighted by molar-refractivity contribution is 6.31. The summed E-state index contributed by atoms with van der Waals surface area (Å²) in [6.07, 6.45) is 6.08. The quantitative estimate of drug-likeness (QED) is 0.215. The molecule has 2 aliphatic carbocycles. The molecule has 2 bridgehead atoms. The van der Waals surface area contributed by atoms with Gasteiger partial charge in [0.05, 0.1) is 36.2 Å². The summed E-state index contributed by atoms with van der Waals surface area (Å²) in [5, 5.41) is 4.96. The van der Waals surface area contributed by atoms with E-state index in [-0.39, 0.29) is 83.0 Å². The Bertz CT molecular complexity index is 3580. The zero-order valence-electron chi connectivity index (χ0n) is 62.3. The molecule has 2 saturated carbocycles. The van der Waals surface area contributed by atoms with Crippen LogP contribution in [-0.4, -0.2) is 276 Å². The molecule has 0 unspecified atom stereocenters. The fourth-order valence-electron chi connectivity index (χ4n) is 14.8. The number of fused-ring (bicyclic) bond motifs is 3. The Balaban J connectivity index is 1.34. The minimum Gasteiger partial charge on any atom is -0.377 e. The SMILES string of the molecule is C#CC[C@H]1C(=O)N[C@@H]([C@@H](C)CC)C(=O)N(C)CC(=O)N(C)[C@H]2C/C=C\CCN(C2=O)[C@@H](Cc2ccc(C)cc2)C(=O)N(C)CC(=O)N[C@H](CCc2ccc(C(F)(F)F)c(Cl)c2)C(=O)N2C[C@H](OCC)C[C@H]2C(=O)N(C)C2(CCC2)C(=O)N(C)[C@@H](C2CCCC2)C(=O)N(C)[C@H](C(=O)N(C)C)CC(=O)N1C. The molecule has 4 fully saturated rings. The number of alkyl halides is 3. The highest BCUT2D eigenvalue weighted by Gasteiger charge is 2.56. The van der Waals surface area contributed by atoms with Crippen molar-refractivity contribution in [1.29, 1.82) is 0 Å². The Morgan fingerprint density at radius 3 is 1.97 bits per heavy atom. The van der Waals surface area contributed by atoms with Crippen molar-refractivity contribution in [2.75, 3.05) is 96.2 Å². The third-order valence-electron chi connectivity index (χ3n) is 21.7.